The van der Waals surface area contributed by atoms with Gasteiger partial charge >= 0.3 is 0 Å². The van der Waals surface area contributed by atoms with Crippen LogP contribution in [0.5, 0.6) is 0 Å². The van der Waals surface area contributed by atoms with E-state index in [-0.39, 0.29) is 17.9 Å². The summed E-state index contributed by atoms with van der Waals surface area (Å²) in [6.07, 6.45) is 6.53. The van der Waals surface area contributed by atoms with E-state index < -0.39 is 0 Å². The van der Waals surface area contributed by atoms with Gasteiger partial charge in [0.15, 0.2) is 0 Å². The molecule has 4 heteroatoms. The molecule has 0 aliphatic carbocycles. The topological polar surface area (TPSA) is 58.2 Å². The van der Waals surface area contributed by atoms with Crippen molar-refractivity contribution in [1.82, 2.24) is 10.6 Å². The second kappa shape index (κ2) is 10.1. The Morgan fingerprint density at radius 1 is 0.815 bits per heavy atom. The van der Waals surface area contributed by atoms with Gasteiger partial charge in [0.25, 0.3) is 0 Å². The van der Waals surface area contributed by atoms with Crippen LogP contribution in [-0.4, -0.2) is 24.4 Å². The Labute approximate surface area is 161 Å². The van der Waals surface area contributed by atoms with E-state index in [2.05, 4.69) is 10.6 Å². The summed E-state index contributed by atoms with van der Waals surface area (Å²) in [6.45, 7) is 6.25. The highest BCUT2D eigenvalue weighted by molar-refractivity contribution is 5.93. The van der Waals surface area contributed by atoms with Gasteiger partial charge in [-0.05, 0) is 44.1 Å². The molecule has 0 saturated heterocycles. The molecule has 0 unspecified atom stereocenters. The number of hydrogen-bond acceptors (Lipinski definition) is 2. The largest absolute Gasteiger partial charge is 0.351 e. The zero-order valence-corrected chi connectivity index (χ0v) is 16.0. The van der Waals surface area contributed by atoms with Gasteiger partial charge in [-0.3, -0.25) is 9.59 Å². The summed E-state index contributed by atoms with van der Waals surface area (Å²) < 4.78 is 0. The molecule has 0 aromatic heterocycles. The van der Waals surface area contributed by atoms with E-state index in [1.807, 2.05) is 69.3 Å². The highest BCUT2D eigenvalue weighted by atomic mass is 16.2. The molecule has 1 atom stereocenters. The molecular formula is C23H26N2O2. The lowest BCUT2D eigenvalue weighted by molar-refractivity contribution is -0.118. The predicted molar refractivity (Wildman–Crippen MR) is 111 cm³/mol. The number of carbonyl (C=O) groups is 2. The van der Waals surface area contributed by atoms with Crippen molar-refractivity contribution in [3.8, 4) is 0 Å². The maximum absolute atomic E-state index is 12.0. The molecule has 0 fully saturated rings. The maximum atomic E-state index is 12.0. The van der Waals surface area contributed by atoms with E-state index in [0.717, 1.165) is 11.1 Å². The molecule has 27 heavy (non-hydrogen) atoms. The van der Waals surface area contributed by atoms with Crippen LogP contribution in [-0.2, 0) is 9.59 Å². The summed E-state index contributed by atoms with van der Waals surface area (Å²) in [7, 11) is 0. The molecule has 0 saturated carbocycles. The third kappa shape index (κ3) is 7.74. The van der Waals surface area contributed by atoms with Crippen molar-refractivity contribution in [2.45, 2.75) is 26.8 Å². The average molecular weight is 362 g/mol. The molecule has 0 aliphatic rings. The lowest BCUT2D eigenvalue weighted by Crippen LogP contribution is -2.40. The van der Waals surface area contributed by atoms with Crippen molar-refractivity contribution in [3.05, 3.63) is 82.9 Å². The van der Waals surface area contributed by atoms with E-state index in [9.17, 15) is 9.59 Å². The van der Waals surface area contributed by atoms with Crippen LogP contribution in [0.25, 0.3) is 12.2 Å². The van der Waals surface area contributed by atoms with Gasteiger partial charge in [-0.15, -0.1) is 0 Å². The van der Waals surface area contributed by atoms with Crippen LogP contribution in [0.2, 0.25) is 0 Å². The molecule has 2 N–H and O–H groups in total. The Morgan fingerprint density at radius 2 is 1.26 bits per heavy atom. The lowest BCUT2D eigenvalue weighted by Gasteiger charge is -2.12. The maximum Gasteiger partial charge on any atom is 0.244 e. The van der Waals surface area contributed by atoms with Gasteiger partial charge in [0.2, 0.25) is 11.8 Å². The summed E-state index contributed by atoms with van der Waals surface area (Å²) in [5, 5.41) is 5.62. The van der Waals surface area contributed by atoms with Crippen LogP contribution in [0.1, 0.15) is 29.2 Å². The quantitative estimate of drug-likeness (QED) is 0.739. The van der Waals surface area contributed by atoms with Crippen molar-refractivity contribution >= 4 is 24.0 Å². The van der Waals surface area contributed by atoms with Gasteiger partial charge < -0.3 is 10.6 Å². The van der Waals surface area contributed by atoms with Crippen molar-refractivity contribution < 1.29 is 9.59 Å². The second-order valence-electron chi connectivity index (χ2n) is 6.64. The molecule has 2 rings (SSSR count). The highest BCUT2D eigenvalue weighted by Crippen LogP contribution is 2.05. The first kappa shape index (κ1) is 20.2. The van der Waals surface area contributed by atoms with Gasteiger partial charge in [0.1, 0.15) is 0 Å². The Hall–Kier alpha value is -3.14. The summed E-state index contributed by atoms with van der Waals surface area (Å²) in [5.74, 6) is -0.376. The number of rotatable bonds is 7. The molecular weight excluding hydrogens is 336 g/mol. The number of benzene rings is 2. The van der Waals surface area contributed by atoms with Gasteiger partial charge in [0.05, 0.1) is 0 Å². The Morgan fingerprint density at radius 3 is 1.74 bits per heavy atom. The molecule has 0 heterocycles. The Balaban J connectivity index is 1.73. The van der Waals surface area contributed by atoms with Gasteiger partial charge in [-0.1, -0.05) is 59.7 Å². The SMILES string of the molecule is Cc1ccc(/C=C/C(=O)NC[C@H](C)NC(=O)/C=C/c2ccc(C)cc2)cc1. The van der Waals surface area contributed by atoms with Crippen molar-refractivity contribution in [2.75, 3.05) is 6.54 Å². The van der Waals surface area contributed by atoms with Gasteiger partial charge in [-0.2, -0.15) is 0 Å². The average Bonchev–Trinajstić information content (AvgIpc) is 2.65. The van der Waals surface area contributed by atoms with Crippen LogP contribution >= 0.6 is 0 Å². The Kier molecular flexibility index (Phi) is 7.56. The van der Waals surface area contributed by atoms with Crippen molar-refractivity contribution in [3.63, 3.8) is 0 Å². The smallest absolute Gasteiger partial charge is 0.244 e. The number of hydrogen-bond donors (Lipinski definition) is 2. The zero-order chi connectivity index (χ0) is 19.6. The molecule has 4 nitrogen and oxygen atoms in total. The van der Waals surface area contributed by atoms with E-state index in [1.54, 1.807) is 12.2 Å². The lowest BCUT2D eigenvalue weighted by atomic mass is 10.1. The molecule has 2 aromatic rings. The first-order valence-corrected chi connectivity index (χ1v) is 9.00. The highest BCUT2D eigenvalue weighted by Gasteiger charge is 2.05. The monoisotopic (exact) mass is 362 g/mol. The number of carbonyl (C=O) groups excluding carboxylic acids is 2. The normalized spacial score (nSPS) is 12.3. The zero-order valence-electron chi connectivity index (χ0n) is 16.0. The van der Waals surface area contributed by atoms with Crippen LogP contribution in [0.15, 0.2) is 60.7 Å². The minimum Gasteiger partial charge on any atom is -0.351 e. The van der Waals surface area contributed by atoms with Crippen molar-refractivity contribution in [2.24, 2.45) is 0 Å². The predicted octanol–water partition coefficient (Wildman–Crippen LogP) is 3.65. The van der Waals surface area contributed by atoms with Crippen LogP contribution in [0.3, 0.4) is 0 Å². The minimum atomic E-state index is -0.188. The number of aryl methyl sites for hydroxylation is 2. The molecule has 2 amide bonds. The third-order valence-corrected chi connectivity index (χ3v) is 3.98. The second-order valence-corrected chi connectivity index (χ2v) is 6.64. The molecule has 0 radical (unpaired) electrons. The van der Waals surface area contributed by atoms with Crippen LogP contribution in [0.4, 0.5) is 0 Å². The van der Waals surface area contributed by atoms with Crippen LogP contribution in [0, 0.1) is 13.8 Å². The first-order valence-electron chi connectivity index (χ1n) is 9.00. The summed E-state index contributed by atoms with van der Waals surface area (Å²) >= 11 is 0. The minimum absolute atomic E-state index is 0.170. The van der Waals surface area contributed by atoms with Crippen molar-refractivity contribution in [1.29, 1.82) is 0 Å². The Bertz CT molecular complexity index is 818. The molecule has 0 bridgehead atoms. The van der Waals surface area contributed by atoms with E-state index in [1.165, 1.54) is 23.3 Å². The number of nitrogens with one attached hydrogen (secondary N) is 2. The molecule has 140 valence electrons. The van der Waals surface area contributed by atoms with E-state index in [0.29, 0.717) is 6.54 Å². The summed E-state index contributed by atoms with van der Waals surface area (Å²) in [6, 6.07) is 15.7. The molecule has 2 aromatic carbocycles. The third-order valence-electron chi connectivity index (χ3n) is 3.98. The summed E-state index contributed by atoms with van der Waals surface area (Å²) in [4.78, 5) is 23.8. The standard InChI is InChI=1S/C23H26N2O2/c1-17-4-8-20(9-5-17)12-14-22(26)24-16-19(3)25-23(27)15-13-21-10-6-18(2)7-11-21/h4-15,19H,16H2,1-3H3,(H,24,26)(H,25,27)/b14-12+,15-13+/t19-/m0/s1. The fourth-order valence-corrected chi connectivity index (χ4v) is 2.35. The van der Waals surface area contributed by atoms with Gasteiger partial charge in [0, 0.05) is 24.7 Å². The van der Waals surface area contributed by atoms with E-state index in [4.69, 9.17) is 0 Å². The van der Waals surface area contributed by atoms with E-state index >= 15 is 0 Å². The molecule has 0 spiro atoms. The summed E-state index contributed by atoms with van der Waals surface area (Å²) in [5.41, 5.74) is 4.30. The van der Waals surface area contributed by atoms with Crippen LogP contribution < -0.4 is 10.6 Å². The number of amides is 2. The molecule has 0 aliphatic heterocycles. The fourth-order valence-electron chi connectivity index (χ4n) is 2.35. The fraction of sp³-hybridized carbons (Fsp3) is 0.217. The van der Waals surface area contributed by atoms with Gasteiger partial charge in [-0.25, -0.2) is 0 Å². The first-order chi connectivity index (χ1) is 12.9.